The van der Waals surface area contributed by atoms with Gasteiger partial charge in [0.05, 0.1) is 10.5 Å². The van der Waals surface area contributed by atoms with Crippen LogP contribution in [-0.4, -0.2) is 29.4 Å². The van der Waals surface area contributed by atoms with Gasteiger partial charge in [0, 0.05) is 35.5 Å². The summed E-state index contributed by atoms with van der Waals surface area (Å²) in [6.45, 7) is 1.97. The summed E-state index contributed by atoms with van der Waals surface area (Å²) in [7, 11) is -3.89. The molecule has 0 atom stereocenters. The number of benzene rings is 2. The van der Waals surface area contributed by atoms with Gasteiger partial charge in [-0.15, -0.1) is 10.2 Å². The summed E-state index contributed by atoms with van der Waals surface area (Å²) >= 11 is 0. The van der Waals surface area contributed by atoms with Crippen LogP contribution in [0.2, 0.25) is 0 Å². The van der Waals surface area contributed by atoms with E-state index in [2.05, 4.69) is 19.9 Å². The average Bonchev–Trinajstić information content (AvgIpc) is 3.40. The molecular weight excluding hydrogens is 452 g/mol. The first-order chi connectivity index (χ1) is 16.3. The van der Waals surface area contributed by atoms with Gasteiger partial charge in [-0.05, 0) is 60.9 Å². The Labute approximate surface area is 197 Å². The van der Waals surface area contributed by atoms with Crippen LogP contribution in [0.3, 0.4) is 0 Å². The minimum Gasteiger partial charge on any atom is -0.416 e. The van der Waals surface area contributed by atoms with Gasteiger partial charge in [0.2, 0.25) is 11.8 Å². The van der Waals surface area contributed by atoms with Crippen LogP contribution in [0.4, 0.5) is 5.69 Å². The number of anilines is 1. The molecule has 1 aliphatic rings. The molecule has 8 nitrogen and oxygen atoms in total. The molecule has 2 aromatic carbocycles. The second-order valence-corrected chi connectivity index (χ2v) is 10.3. The van der Waals surface area contributed by atoms with Crippen molar-refractivity contribution < 1.29 is 17.6 Å². The number of hydrogen-bond acceptors (Lipinski definition) is 7. The first-order valence-electron chi connectivity index (χ1n) is 10.8. The van der Waals surface area contributed by atoms with Crippen LogP contribution in [0.1, 0.15) is 25.3 Å². The van der Waals surface area contributed by atoms with E-state index in [-0.39, 0.29) is 28.4 Å². The molecule has 1 N–H and O–H groups in total. The molecule has 5 rings (SSSR count). The number of rotatable bonds is 8. The molecule has 172 valence electrons. The first-order valence-corrected chi connectivity index (χ1v) is 12.3. The van der Waals surface area contributed by atoms with Crippen molar-refractivity contribution in [1.82, 2.24) is 15.2 Å². The van der Waals surface area contributed by atoms with Crippen LogP contribution in [0.5, 0.6) is 0 Å². The van der Waals surface area contributed by atoms with E-state index in [1.165, 1.54) is 12.1 Å². The molecule has 1 saturated carbocycles. The van der Waals surface area contributed by atoms with Crippen molar-refractivity contribution in [3.8, 4) is 22.9 Å². The summed E-state index contributed by atoms with van der Waals surface area (Å²) < 4.78 is 34.4. The number of nitrogens with one attached hydrogen (secondary N) is 1. The molecular formula is C25H22N4O4S. The number of carbonyl (C=O) groups excluding carboxylic acids is 1. The first kappa shape index (κ1) is 22.0. The Morgan fingerprint density at radius 1 is 1.00 bits per heavy atom. The molecule has 1 fully saturated rings. The van der Waals surface area contributed by atoms with Crippen LogP contribution in [0.25, 0.3) is 22.9 Å². The van der Waals surface area contributed by atoms with Gasteiger partial charge in [-0.2, -0.15) is 0 Å². The number of nitrogens with zero attached hydrogens (tertiary/aromatic N) is 3. The van der Waals surface area contributed by atoms with Gasteiger partial charge in [0.15, 0.2) is 0 Å². The lowest BCUT2D eigenvalue weighted by molar-refractivity contribution is -0.122. The minimum atomic E-state index is -3.89. The lowest BCUT2D eigenvalue weighted by Gasteiger charge is -2.11. The van der Waals surface area contributed by atoms with Crippen molar-refractivity contribution in [2.75, 3.05) is 4.72 Å². The number of sulfonamides is 1. The Kier molecular flexibility index (Phi) is 5.49. The summed E-state index contributed by atoms with van der Waals surface area (Å²) in [4.78, 5) is 16.5. The Balaban J connectivity index is 1.35. The number of carbonyl (C=O) groups is 1. The topological polar surface area (TPSA) is 115 Å². The normalized spacial score (nSPS) is 14.5. The number of hydrogen-bond donors (Lipinski definition) is 1. The van der Waals surface area contributed by atoms with Gasteiger partial charge in [0.1, 0.15) is 5.78 Å². The number of pyridine rings is 1. The standard InChI is InChI=1S/C25H22N4O4S/c1-25(10-11-25)22(30)14-17-5-2-8-20(13-17)29-34(31,32)21-9-3-6-18(15-21)23-27-28-24(33-23)19-7-4-12-26-16-19/h2-9,12-13,15-16,29H,10-11,14H2,1H3. The molecule has 34 heavy (non-hydrogen) atoms. The predicted octanol–water partition coefficient (Wildman–Crippen LogP) is 4.51. The van der Waals surface area contributed by atoms with Crippen LogP contribution in [0.15, 0.2) is 82.4 Å². The molecule has 0 bridgehead atoms. The fourth-order valence-corrected chi connectivity index (χ4v) is 4.66. The van der Waals surface area contributed by atoms with Crippen molar-refractivity contribution in [2.24, 2.45) is 5.41 Å². The third-order valence-electron chi connectivity index (χ3n) is 5.94. The summed E-state index contributed by atoms with van der Waals surface area (Å²) in [5, 5.41) is 8.07. The molecule has 4 aromatic rings. The van der Waals surface area contributed by atoms with Crippen LogP contribution < -0.4 is 4.72 Å². The fourth-order valence-electron chi connectivity index (χ4n) is 3.57. The van der Waals surface area contributed by atoms with E-state index in [0.29, 0.717) is 22.7 Å². The molecule has 0 radical (unpaired) electrons. The summed E-state index contributed by atoms with van der Waals surface area (Å²) in [6, 6.07) is 16.8. The quantitative estimate of drug-likeness (QED) is 0.399. The lowest BCUT2D eigenvalue weighted by Crippen LogP contribution is -2.15. The average molecular weight is 475 g/mol. The molecule has 0 spiro atoms. The molecule has 2 aromatic heterocycles. The van der Waals surface area contributed by atoms with E-state index in [1.54, 1.807) is 54.9 Å². The van der Waals surface area contributed by atoms with Crippen molar-refractivity contribution >= 4 is 21.5 Å². The number of ketones is 1. The van der Waals surface area contributed by atoms with Gasteiger partial charge in [0.25, 0.3) is 10.0 Å². The fraction of sp³-hybridized carbons (Fsp3) is 0.200. The summed E-state index contributed by atoms with van der Waals surface area (Å²) in [5.41, 5.74) is 2.10. The Morgan fingerprint density at radius 2 is 1.74 bits per heavy atom. The van der Waals surface area contributed by atoms with Crippen molar-refractivity contribution in [3.05, 3.63) is 78.6 Å². The Morgan fingerprint density at radius 3 is 2.47 bits per heavy atom. The van der Waals surface area contributed by atoms with Gasteiger partial charge >= 0.3 is 0 Å². The Hall–Kier alpha value is -3.85. The molecule has 0 aliphatic heterocycles. The molecule has 0 saturated heterocycles. The zero-order valence-electron chi connectivity index (χ0n) is 18.4. The van der Waals surface area contributed by atoms with E-state index in [1.807, 2.05) is 13.0 Å². The van der Waals surface area contributed by atoms with Gasteiger partial charge in [-0.3, -0.25) is 14.5 Å². The molecule has 2 heterocycles. The number of Topliss-reactive ketones (excluding diaryl/α,β-unsaturated/α-hetero) is 1. The second kappa shape index (κ2) is 8.49. The minimum absolute atomic E-state index is 0.0538. The van der Waals surface area contributed by atoms with E-state index in [0.717, 1.165) is 18.4 Å². The zero-order chi connectivity index (χ0) is 23.8. The van der Waals surface area contributed by atoms with Gasteiger partial charge in [-0.25, -0.2) is 8.42 Å². The maximum atomic E-state index is 13.1. The molecule has 9 heteroatoms. The van der Waals surface area contributed by atoms with E-state index >= 15 is 0 Å². The van der Waals surface area contributed by atoms with Crippen LogP contribution in [-0.2, 0) is 21.2 Å². The van der Waals surface area contributed by atoms with Gasteiger partial charge < -0.3 is 4.42 Å². The highest BCUT2D eigenvalue weighted by atomic mass is 32.2. The largest absolute Gasteiger partial charge is 0.416 e. The lowest BCUT2D eigenvalue weighted by atomic mass is 9.97. The van der Waals surface area contributed by atoms with Gasteiger partial charge in [-0.1, -0.05) is 25.1 Å². The van der Waals surface area contributed by atoms with Crippen LogP contribution in [0, 0.1) is 5.41 Å². The second-order valence-electron chi connectivity index (χ2n) is 8.65. The third-order valence-corrected chi connectivity index (χ3v) is 7.32. The third kappa shape index (κ3) is 4.60. The molecule has 1 aliphatic carbocycles. The van der Waals surface area contributed by atoms with E-state index in [9.17, 15) is 13.2 Å². The molecule has 0 unspecified atom stereocenters. The maximum absolute atomic E-state index is 13.1. The SMILES string of the molecule is CC1(C(=O)Cc2cccc(NS(=O)(=O)c3cccc(-c4nnc(-c5cccnc5)o4)c3)c2)CC1. The van der Waals surface area contributed by atoms with Crippen LogP contribution >= 0.6 is 0 Å². The molecule has 0 amide bonds. The predicted molar refractivity (Wildman–Crippen MR) is 126 cm³/mol. The highest BCUT2D eigenvalue weighted by molar-refractivity contribution is 7.92. The van der Waals surface area contributed by atoms with E-state index < -0.39 is 10.0 Å². The monoisotopic (exact) mass is 474 g/mol. The number of aromatic nitrogens is 3. The highest BCUT2D eigenvalue weighted by Gasteiger charge is 2.43. The van der Waals surface area contributed by atoms with Crippen molar-refractivity contribution in [3.63, 3.8) is 0 Å². The highest BCUT2D eigenvalue weighted by Crippen LogP contribution is 2.46. The Bertz CT molecular complexity index is 1460. The summed E-state index contributed by atoms with van der Waals surface area (Å²) in [6.07, 6.45) is 5.37. The summed E-state index contributed by atoms with van der Waals surface area (Å²) in [5.74, 6) is 0.677. The maximum Gasteiger partial charge on any atom is 0.261 e. The van der Waals surface area contributed by atoms with E-state index in [4.69, 9.17) is 4.42 Å². The van der Waals surface area contributed by atoms with Crippen molar-refractivity contribution in [1.29, 1.82) is 0 Å². The smallest absolute Gasteiger partial charge is 0.261 e. The zero-order valence-corrected chi connectivity index (χ0v) is 19.2. The van der Waals surface area contributed by atoms with Crippen molar-refractivity contribution in [2.45, 2.75) is 31.1 Å².